The number of rotatable bonds is 4. The molecule has 1 heterocycles. The normalized spacial score (nSPS) is 19.4. The summed E-state index contributed by atoms with van der Waals surface area (Å²) in [4.78, 5) is 17.7. The first-order valence-corrected chi connectivity index (χ1v) is 7.47. The highest BCUT2D eigenvalue weighted by molar-refractivity contribution is 5.80. The summed E-state index contributed by atoms with van der Waals surface area (Å²) in [5.41, 5.74) is 6.53. The van der Waals surface area contributed by atoms with Crippen molar-refractivity contribution in [3.8, 4) is 0 Å². The molecule has 2 rings (SSSR count). The summed E-state index contributed by atoms with van der Waals surface area (Å²) in [5.74, 6) is 1.02. The molecule has 1 unspecified atom stereocenters. The number of benzene rings is 1. The molecule has 0 spiro atoms. The van der Waals surface area contributed by atoms with E-state index in [0.717, 1.165) is 38.4 Å². The number of nitrogens with two attached hydrogens (primary N) is 1. The van der Waals surface area contributed by atoms with E-state index in [1.165, 1.54) is 5.56 Å². The van der Waals surface area contributed by atoms with Crippen LogP contribution in [0.1, 0.15) is 24.8 Å². The van der Waals surface area contributed by atoms with E-state index in [4.69, 9.17) is 5.73 Å². The lowest BCUT2D eigenvalue weighted by molar-refractivity contribution is -0.119. The van der Waals surface area contributed by atoms with Gasteiger partial charge in [0.15, 0.2) is 5.96 Å². The SMILES string of the molecule is CN=C(NCc1ccccc1)N1CCCC(CC(N)=O)C1. The standard InChI is InChI=1S/C16H24N4O/c1-18-16(19-11-13-6-3-2-4-7-13)20-9-5-8-14(12-20)10-15(17)21/h2-4,6-7,14H,5,8-12H2,1H3,(H2,17,21)(H,18,19). The van der Waals surface area contributed by atoms with Crippen LogP contribution >= 0.6 is 0 Å². The van der Waals surface area contributed by atoms with Gasteiger partial charge in [-0.3, -0.25) is 9.79 Å². The predicted octanol–water partition coefficient (Wildman–Crippen LogP) is 1.35. The topological polar surface area (TPSA) is 70.7 Å². The minimum Gasteiger partial charge on any atom is -0.370 e. The maximum absolute atomic E-state index is 11.1. The van der Waals surface area contributed by atoms with Crippen molar-refractivity contribution in [1.29, 1.82) is 0 Å². The molecule has 21 heavy (non-hydrogen) atoms. The maximum atomic E-state index is 11.1. The first-order chi connectivity index (χ1) is 10.2. The molecular weight excluding hydrogens is 264 g/mol. The van der Waals surface area contributed by atoms with Crippen molar-refractivity contribution < 1.29 is 4.79 Å². The third-order valence-corrected chi connectivity index (χ3v) is 3.81. The van der Waals surface area contributed by atoms with Gasteiger partial charge in [-0.1, -0.05) is 30.3 Å². The van der Waals surface area contributed by atoms with E-state index in [-0.39, 0.29) is 5.91 Å². The number of piperidine rings is 1. The van der Waals surface area contributed by atoms with Crippen LogP contribution in [0.4, 0.5) is 0 Å². The van der Waals surface area contributed by atoms with Crippen molar-refractivity contribution in [3.05, 3.63) is 35.9 Å². The Labute approximate surface area is 126 Å². The van der Waals surface area contributed by atoms with Gasteiger partial charge in [-0.15, -0.1) is 0 Å². The smallest absolute Gasteiger partial charge is 0.217 e. The van der Waals surface area contributed by atoms with E-state index in [2.05, 4.69) is 27.3 Å². The first-order valence-electron chi connectivity index (χ1n) is 7.47. The van der Waals surface area contributed by atoms with Gasteiger partial charge in [0.05, 0.1) is 0 Å². The van der Waals surface area contributed by atoms with Crippen LogP contribution in [0.2, 0.25) is 0 Å². The van der Waals surface area contributed by atoms with Gasteiger partial charge in [-0.2, -0.15) is 0 Å². The molecule has 3 N–H and O–H groups in total. The van der Waals surface area contributed by atoms with Crippen molar-refractivity contribution in [2.75, 3.05) is 20.1 Å². The van der Waals surface area contributed by atoms with Crippen molar-refractivity contribution in [3.63, 3.8) is 0 Å². The number of carbonyl (C=O) groups excluding carboxylic acids is 1. The van der Waals surface area contributed by atoms with Gasteiger partial charge in [0, 0.05) is 33.1 Å². The summed E-state index contributed by atoms with van der Waals surface area (Å²) in [5, 5.41) is 3.39. The van der Waals surface area contributed by atoms with E-state index < -0.39 is 0 Å². The summed E-state index contributed by atoms with van der Waals surface area (Å²) < 4.78 is 0. The van der Waals surface area contributed by atoms with Crippen molar-refractivity contribution in [2.45, 2.75) is 25.8 Å². The Morgan fingerprint density at radius 2 is 2.19 bits per heavy atom. The van der Waals surface area contributed by atoms with Crippen molar-refractivity contribution in [2.24, 2.45) is 16.6 Å². The van der Waals surface area contributed by atoms with E-state index in [1.54, 1.807) is 7.05 Å². The number of hydrogen-bond acceptors (Lipinski definition) is 2. The summed E-state index contributed by atoms with van der Waals surface area (Å²) >= 11 is 0. The number of hydrogen-bond donors (Lipinski definition) is 2. The van der Waals surface area contributed by atoms with Crippen LogP contribution in [0.15, 0.2) is 35.3 Å². The number of likely N-dealkylation sites (tertiary alicyclic amines) is 1. The van der Waals surface area contributed by atoms with E-state index in [9.17, 15) is 4.79 Å². The molecule has 1 fully saturated rings. The number of primary amides is 1. The highest BCUT2D eigenvalue weighted by Crippen LogP contribution is 2.19. The second kappa shape index (κ2) is 7.67. The fraction of sp³-hybridized carbons (Fsp3) is 0.500. The van der Waals surface area contributed by atoms with Crippen LogP contribution in [-0.4, -0.2) is 36.9 Å². The molecule has 0 aromatic heterocycles. The summed E-state index contributed by atoms with van der Waals surface area (Å²) in [6.45, 7) is 2.58. The summed E-state index contributed by atoms with van der Waals surface area (Å²) in [6, 6.07) is 10.3. The van der Waals surface area contributed by atoms with Gasteiger partial charge < -0.3 is 16.0 Å². The second-order valence-corrected chi connectivity index (χ2v) is 5.51. The Balaban J connectivity index is 1.90. The molecule has 0 bridgehead atoms. The predicted molar refractivity (Wildman–Crippen MR) is 84.7 cm³/mol. The van der Waals surface area contributed by atoms with E-state index >= 15 is 0 Å². The summed E-state index contributed by atoms with van der Waals surface area (Å²) in [7, 11) is 1.80. The van der Waals surface area contributed by atoms with Gasteiger partial charge in [0.2, 0.25) is 5.91 Å². The maximum Gasteiger partial charge on any atom is 0.217 e. The van der Waals surface area contributed by atoms with Gasteiger partial charge in [0.25, 0.3) is 0 Å². The van der Waals surface area contributed by atoms with E-state index in [1.807, 2.05) is 18.2 Å². The Hall–Kier alpha value is -2.04. The highest BCUT2D eigenvalue weighted by Gasteiger charge is 2.23. The lowest BCUT2D eigenvalue weighted by Gasteiger charge is -2.34. The van der Waals surface area contributed by atoms with Crippen LogP contribution in [0.5, 0.6) is 0 Å². The second-order valence-electron chi connectivity index (χ2n) is 5.51. The molecule has 114 valence electrons. The van der Waals surface area contributed by atoms with Gasteiger partial charge >= 0.3 is 0 Å². The van der Waals surface area contributed by atoms with Crippen LogP contribution in [0.3, 0.4) is 0 Å². The minimum atomic E-state index is -0.214. The Morgan fingerprint density at radius 3 is 2.86 bits per heavy atom. The third-order valence-electron chi connectivity index (χ3n) is 3.81. The number of aliphatic imine (C=N–C) groups is 1. The molecule has 1 aromatic rings. The van der Waals surface area contributed by atoms with Gasteiger partial charge in [0.1, 0.15) is 0 Å². The number of nitrogens with zero attached hydrogens (tertiary/aromatic N) is 2. The molecule has 1 aromatic carbocycles. The number of amides is 1. The quantitative estimate of drug-likeness (QED) is 0.649. The van der Waals surface area contributed by atoms with Crippen molar-refractivity contribution in [1.82, 2.24) is 10.2 Å². The van der Waals surface area contributed by atoms with Gasteiger partial charge in [-0.25, -0.2) is 0 Å². The average Bonchev–Trinajstić information content (AvgIpc) is 2.49. The molecule has 1 aliphatic heterocycles. The molecule has 0 radical (unpaired) electrons. The molecule has 1 saturated heterocycles. The van der Waals surface area contributed by atoms with Crippen LogP contribution < -0.4 is 11.1 Å². The Morgan fingerprint density at radius 1 is 1.43 bits per heavy atom. The molecule has 1 amide bonds. The zero-order valence-electron chi connectivity index (χ0n) is 12.6. The monoisotopic (exact) mass is 288 g/mol. The number of carbonyl (C=O) groups is 1. The zero-order valence-corrected chi connectivity index (χ0v) is 12.6. The lowest BCUT2D eigenvalue weighted by atomic mass is 9.95. The Kier molecular flexibility index (Phi) is 5.60. The fourth-order valence-corrected chi connectivity index (χ4v) is 2.82. The molecule has 5 nitrogen and oxygen atoms in total. The van der Waals surface area contributed by atoms with E-state index in [0.29, 0.717) is 12.3 Å². The number of nitrogens with one attached hydrogen (secondary N) is 1. The Bertz CT molecular complexity index is 486. The minimum absolute atomic E-state index is 0.214. The molecule has 1 atom stereocenters. The highest BCUT2D eigenvalue weighted by atomic mass is 16.1. The summed E-state index contributed by atoms with van der Waals surface area (Å²) in [6.07, 6.45) is 2.60. The molecule has 1 aliphatic rings. The first kappa shape index (κ1) is 15.4. The number of guanidine groups is 1. The van der Waals surface area contributed by atoms with Crippen LogP contribution in [0, 0.1) is 5.92 Å². The molecule has 0 saturated carbocycles. The van der Waals surface area contributed by atoms with Gasteiger partial charge in [-0.05, 0) is 24.3 Å². The average molecular weight is 288 g/mol. The molecular formula is C16H24N4O. The molecule has 0 aliphatic carbocycles. The largest absolute Gasteiger partial charge is 0.370 e. The lowest BCUT2D eigenvalue weighted by Crippen LogP contribution is -2.46. The zero-order chi connectivity index (χ0) is 15.1. The molecule has 5 heteroatoms. The fourth-order valence-electron chi connectivity index (χ4n) is 2.82. The van der Waals surface area contributed by atoms with Crippen LogP contribution in [-0.2, 0) is 11.3 Å². The van der Waals surface area contributed by atoms with Crippen molar-refractivity contribution >= 4 is 11.9 Å². The third kappa shape index (κ3) is 4.77. The van der Waals surface area contributed by atoms with Crippen LogP contribution in [0.25, 0.3) is 0 Å².